The summed E-state index contributed by atoms with van der Waals surface area (Å²) in [4.78, 5) is 4.96. The summed E-state index contributed by atoms with van der Waals surface area (Å²) in [6, 6.07) is 0.800. The van der Waals surface area contributed by atoms with Gasteiger partial charge in [0.25, 0.3) is 0 Å². The zero-order valence-electron chi connectivity index (χ0n) is 10.3. The average molecular weight is 215 g/mol. The number of piperazine rings is 1. The van der Waals surface area contributed by atoms with Gasteiger partial charge in [-0.2, -0.15) is 0 Å². The number of nitrogens with zero attached hydrogens (tertiary/aromatic N) is 2. The van der Waals surface area contributed by atoms with Crippen molar-refractivity contribution >= 4 is 0 Å². The van der Waals surface area contributed by atoms with Crippen LogP contribution in [0, 0.1) is 0 Å². The summed E-state index contributed by atoms with van der Waals surface area (Å²) in [5.41, 5.74) is 5.95. The molecular formula is C11H25N3O. The van der Waals surface area contributed by atoms with E-state index in [1.54, 1.807) is 7.11 Å². The van der Waals surface area contributed by atoms with E-state index in [1.165, 1.54) is 0 Å². The maximum absolute atomic E-state index is 5.95. The van der Waals surface area contributed by atoms with Crippen molar-refractivity contribution < 1.29 is 4.74 Å². The van der Waals surface area contributed by atoms with Crippen molar-refractivity contribution in [1.29, 1.82) is 0 Å². The van der Waals surface area contributed by atoms with E-state index < -0.39 is 0 Å². The quantitative estimate of drug-likeness (QED) is 0.700. The lowest BCUT2D eigenvalue weighted by Crippen LogP contribution is -2.54. The van der Waals surface area contributed by atoms with Gasteiger partial charge in [0.2, 0.25) is 0 Å². The molecule has 90 valence electrons. The maximum Gasteiger partial charge on any atom is 0.0626 e. The summed E-state index contributed by atoms with van der Waals surface area (Å²) in [5, 5.41) is 0. The van der Waals surface area contributed by atoms with Crippen molar-refractivity contribution in [2.45, 2.75) is 25.9 Å². The van der Waals surface area contributed by atoms with Gasteiger partial charge >= 0.3 is 0 Å². The first-order valence-electron chi connectivity index (χ1n) is 5.88. The van der Waals surface area contributed by atoms with Gasteiger partial charge in [0.15, 0.2) is 0 Å². The van der Waals surface area contributed by atoms with E-state index in [0.717, 1.165) is 32.7 Å². The van der Waals surface area contributed by atoms with Gasteiger partial charge in [0.05, 0.1) is 6.61 Å². The minimum atomic E-state index is 0.148. The van der Waals surface area contributed by atoms with Crippen LogP contribution in [0.1, 0.15) is 13.8 Å². The molecule has 0 saturated carbocycles. The maximum atomic E-state index is 5.95. The van der Waals surface area contributed by atoms with Crippen LogP contribution in [0.2, 0.25) is 0 Å². The molecule has 2 atom stereocenters. The minimum Gasteiger partial charge on any atom is -0.383 e. The number of likely N-dealkylation sites (N-methyl/N-ethyl adjacent to an activating group) is 1. The monoisotopic (exact) mass is 215 g/mol. The van der Waals surface area contributed by atoms with Crippen LogP contribution in [0.4, 0.5) is 0 Å². The van der Waals surface area contributed by atoms with Crippen molar-refractivity contribution in [1.82, 2.24) is 9.80 Å². The Bertz CT molecular complexity index is 175. The van der Waals surface area contributed by atoms with Gasteiger partial charge in [0.1, 0.15) is 0 Å². The fraction of sp³-hybridized carbons (Fsp3) is 1.00. The van der Waals surface area contributed by atoms with Crippen LogP contribution >= 0.6 is 0 Å². The first kappa shape index (κ1) is 12.9. The smallest absolute Gasteiger partial charge is 0.0626 e. The summed E-state index contributed by atoms with van der Waals surface area (Å²) in [6.07, 6.45) is 0. The van der Waals surface area contributed by atoms with Crippen molar-refractivity contribution in [3.63, 3.8) is 0 Å². The zero-order valence-corrected chi connectivity index (χ0v) is 10.3. The predicted molar refractivity (Wildman–Crippen MR) is 63.0 cm³/mol. The third kappa shape index (κ3) is 4.07. The Kier molecular flexibility index (Phi) is 5.53. The van der Waals surface area contributed by atoms with E-state index in [0.29, 0.717) is 12.6 Å². The normalized spacial score (nSPS) is 26.8. The second-order valence-corrected chi connectivity index (χ2v) is 4.45. The molecule has 1 rings (SSSR count). The van der Waals surface area contributed by atoms with Crippen LogP contribution in [0.15, 0.2) is 0 Å². The lowest BCUT2D eigenvalue weighted by molar-refractivity contribution is 0.0739. The van der Waals surface area contributed by atoms with Gasteiger partial charge in [-0.15, -0.1) is 0 Å². The van der Waals surface area contributed by atoms with Gasteiger partial charge < -0.3 is 10.5 Å². The highest BCUT2D eigenvalue weighted by atomic mass is 16.5. The third-order valence-electron chi connectivity index (χ3n) is 3.13. The van der Waals surface area contributed by atoms with E-state index in [2.05, 4.69) is 23.6 Å². The third-order valence-corrected chi connectivity index (χ3v) is 3.13. The molecule has 0 spiro atoms. The molecule has 1 saturated heterocycles. The Morgan fingerprint density at radius 3 is 2.73 bits per heavy atom. The molecule has 1 aliphatic heterocycles. The van der Waals surface area contributed by atoms with E-state index in [-0.39, 0.29) is 6.04 Å². The van der Waals surface area contributed by atoms with Crippen molar-refractivity contribution in [2.24, 2.45) is 5.73 Å². The molecule has 0 bridgehead atoms. The number of methoxy groups -OCH3 is 1. The minimum absolute atomic E-state index is 0.148. The van der Waals surface area contributed by atoms with Gasteiger partial charge in [-0.1, -0.05) is 6.92 Å². The first-order valence-corrected chi connectivity index (χ1v) is 5.88. The molecule has 0 radical (unpaired) electrons. The van der Waals surface area contributed by atoms with E-state index >= 15 is 0 Å². The van der Waals surface area contributed by atoms with Gasteiger partial charge in [0, 0.05) is 45.4 Å². The van der Waals surface area contributed by atoms with Crippen LogP contribution in [0.3, 0.4) is 0 Å². The summed E-state index contributed by atoms with van der Waals surface area (Å²) in [7, 11) is 1.71. The summed E-state index contributed by atoms with van der Waals surface area (Å²) in [5.74, 6) is 0. The number of nitrogens with two attached hydrogens (primary N) is 1. The lowest BCUT2D eigenvalue weighted by atomic mass is 10.1. The van der Waals surface area contributed by atoms with Crippen LogP contribution < -0.4 is 5.73 Å². The highest BCUT2D eigenvalue weighted by Crippen LogP contribution is 2.08. The molecule has 1 aliphatic rings. The molecular weight excluding hydrogens is 190 g/mol. The second-order valence-electron chi connectivity index (χ2n) is 4.45. The van der Waals surface area contributed by atoms with Crippen molar-refractivity contribution in [3.05, 3.63) is 0 Å². The van der Waals surface area contributed by atoms with E-state index in [4.69, 9.17) is 10.5 Å². The zero-order chi connectivity index (χ0) is 11.3. The molecule has 0 aromatic carbocycles. The fourth-order valence-electron chi connectivity index (χ4n) is 2.30. The molecule has 0 aromatic rings. The molecule has 2 unspecified atom stereocenters. The van der Waals surface area contributed by atoms with Gasteiger partial charge in [-0.3, -0.25) is 9.80 Å². The first-order chi connectivity index (χ1) is 7.17. The van der Waals surface area contributed by atoms with Gasteiger partial charge in [-0.05, 0) is 13.5 Å². The highest BCUT2D eigenvalue weighted by Gasteiger charge is 2.23. The van der Waals surface area contributed by atoms with E-state index in [9.17, 15) is 0 Å². The number of hydrogen-bond acceptors (Lipinski definition) is 4. The molecule has 1 fully saturated rings. The van der Waals surface area contributed by atoms with Crippen LogP contribution in [0.5, 0.6) is 0 Å². The van der Waals surface area contributed by atoms with Crippen LogP contribution in [-0.4, -0.2) is 68.3 Å². The topological polar surface area (TPSA) is 41.7 Å². The van der Waals surface area contributed by atoms with Crippen molar-refractivity contribution in [2.75, 3.05) is 46.4 Å². The largest absolute Gasteiger partial charge is 0.383 e. The van der Waals surface area contributed by atoms with Crippen molar-refractivity contribution in [3.8, 4) is 0 Å². The fourth-order valence-corrected chi connectivity index (χ4v) is 2.30. The summed E-state index contributed by atoms with van der Waals surface area (Å²) in [6.45, 7) is 10.7. The summed E-state index contributed by atoms with van der Waals surface area (Å²) >= 11 is 0. The molecule has 0 aliphatic carbocycles. The predicted octanol–water partition coefficient (Wildman–Crippen LogP) is -0.0139. The van der Waals surface area contributed by atoms with E-state index in [1.807, 2.05) is 0 Å². The Morgan fingerprint density at radius 2 is 2.20 bits per heavy atom. The Morgan fingerprint density at radius 1 is 1.47 bits per heavy atom. The number of hydrogen-bond donors (Lipinski definition) is 1. The average Bonchev–Trinajstić information content (AvgIpc) is 2.18. The number of ether oxygens (including phenoxy) is 1. The molecule has 4 nitrogen and oxygen atoms in total. The lowest BCUT2D eigenvalue weighted by Gasteiger charge is -2.40. The van der Waals surface area contributed by atoms with Crippen LogP contribution in [-0.2, 0) is 4.74 Å². The molecule has 2 N–H and O–H groups in total. The molecule has 0 amide bonds. The Labute approximate surface area is 93.4 Å². The highest BCUT2D eigenvalue weighted by molar-refractivity contribution is 4.80. The Balaban J connectivity index is 2.28. The van der Waals surface area contributed by atoms with Gasteiger partial charge in [-0.25, -0.2) is 0 Å². The molecule has 15 heavy (non-hydrogen) atoms. The molecule has 0 aromatic heterocycles. The van der Waals surface area contributed by atoms with Crippen LogP contribution in [0.25, 0.3) is 0 Å². The SMILES string of the molecule is CCN1CCN(CC(N)COC)CC1C. The molecule has 4 heteroatoms. The Hall–Kier alpha value is -0.160. The second kappa shape index (κ2) is 6.43. The summed E-state index contributed by atoms with van der Waals surface area (Å²) < 4.78 is 5.05. The number of rotatable bonds is 5. The standard InChI is InChI=1S/C11H25N3O/c1-4-14-6-5-13(7-10(14)2)8-11(12)9-15-3/h10-11H,4-9,12H2,1-3H3. The molecule has 1 heterocycles.